The summed E-state index contributed by atoms with van der Waals surface area (Å²) in [5, 5.41) is 12.7. The number of aryl methyl sites for hydroxylation is 1. The van der Waals surface area contributed by atoms with Gasteiger partial charge in [0, 0.05) is 12.6 Å². The van der Waals surface area contributed by atoms with Crippen LogP contribution in [0.2, 0.25) is 0 Å². The SMILES string of the molecule is CCOc1cc(CN(c2nc3ccc(C(=O)O)cc3o2)C2CCNCC2)ccc1C. The highest BCUT2D eigenvalue weighted by Gasteiger charge is 2.26. The van der Waals surface area contributed by atoms with Gasteiger partial charge in [0.25, 0.3) is 6.01 Å². The van der Waals surface area contributed by atoms with Gasteiger partial charge in [-0.15, -0.1) is 0 Å². The first-order valence-corrected chi connectivity index (χ1v) is 10.4. The van der Waals surface area contributed by atoms with Crippen molar-refractivity contribution in [3.8, 4) is 5.75 Å². The summed E-state index contributed by atoms with van der Waals surface area (Å²) in [4.78, 5) is 18.2. The van der Waals surface area contributed by atoms with Crippen LogP contribution in [0.15, 0.2) is 40.8 Å². The summed E-state index contributed by atoms with van der Waals surface area (Å²) in [5.74, 6) is -0.0860. The molecule has 4 rings (SSSR count). The van der Waals surface area contributed by atoms with E-state index >= 15 is 0 Å². The first-order valence-electron chi connectivity index (χ1n) is 10.4. The molecule has 1 aliphatic heterocycles. The molecular weight excluding hydrogens is 382 g/mol. The van der Waals surface area contributed by atoms with Crippen molar-refractivity contribution in [1.29, 1.82) is 0 Å². The van der Waals surface area contributed by atoms with Crippen molar-refractivity contribution in [2.24, 2.45) is 0 Å². The van der Waals surface area contributed by atoms with Gasteiger partial charge in [-0.25, -0.2) is 4.79 Å². The van der Waals surface area contributed by atoms with Crippen LogP contribution in [0, 0.1) is 6.92 Å². The number of oxazole rings is 1. The van der Waals surface area contributed by atoms with E-state index in [4.69, 9.17) is 9.15 Å². The Bertz CT molecular complexity index is 1040. The van der Waals surface area contributed by atoms with Crippen molar-refractivity contribution in [3.05, 3.63) is 53.1 Å². The smallest absolute Gasteiger partial charge is 0.335 e. The average Bonchev–Trinajstić information content (AvgIpc) is 3.18. The van der Waals surface area contributed by atoms with Crippen molar-refractivity contribution < 1.29 is 19.1 Å². The fourth-order valence-corrected chi connectivity index (χ4v) is 3.89. The minimum absolute atomic E-state index is 0.193. The monoisotopic (exact) mass is 409 g/mol. The van der Waals surface area contributed by atoms with E-state index in [-0.39, 0.29) is 11.6 Å². The summed E-state index contributed by atoms with van der Waals surface area (Å²) >= 11 is 0. The van der Waals surface area contributed by atoms with E-state index in [0.29, 0.717) is 30.3 Å². The summed E-state index contributed by atoms with van der Waals surface area (Å²) in [7, 11) is 0. The van der Waals surface area contributed by atoms with Gasteiger partial charge < -0.3 is 24.5 Å². The zero-order valence-electron chi connectivity index (χ0n) is 17.4. The summed E-state index contributed by atoms with van der Waals surface area (Å²) in [6.07, 6.45) is 1.98. The Labute approximate surface area is 175 Å². The van der Waals surface area contributed by atoms with Gasteiger partial charge in [0.2, 0.25) is 0 Å². The molecule has 0 aliphatic carbocycles. The Hall–Kier alpha value is -3.06. The zero-order valence-corrected chi connectivity index (χ0v) is 17.4. The number of carboxylic acid groups (broad SMARTS) is 1. The molecule has 0 bridgehead atoms. The molecule has 2 N–H and O–H groups in total. The molecule has 1 aromatic heterocycles. The molecule has 30 heavy (non-hydrogen) atoms. The Balaban J connectivity index is 1.69. The lowest BCUT2D eigenvalue weighted by Crippen LogP contribution is -2.43. The molecule has 1 saturated heterocycles. The fourth-order valence-electron chi connectivity index (χ4n) is 3.89. The number of nitrogens with zero attached hydrogens (tertiary/aromatic N) is 2. The molecule has 3 aromatic rings. The minimum atomic E-state index is -0.979. The van der Waals surface area contributed by atoms with E-state index in [9.17, 15) is 9.90 Å². The number of carbonyl (C=O) groups is 1. The van der Waals surface area contributed by atoms with Crippen molar-refractivity contribution in [1.82, 2.24) is 10.3 Å². The molecule has 1 fully saturated rings. The van der Waals surface area contributed by atoms with E-state index in [1.54, 1.807) is 12.1 Å². The number of aromatic carboxylic acids is 1. The maximum Gasteiger partial charge on any atom is 0.335 e. The van der Waals surface area contributed by atoms with Gasteiger partial charge in [-0.1, -0.05) is 12.1 Å². The average molecular weight is 409 g/mol. The molecule has 0 unspecified atom stereocenters. The number of benzene rings is 2. The van der Waals surface area contributed by atoms with E-state index in [1.165, 1.54) is 6.07 Å². The van der Waals surface area contributed by atoms with Crippen molar-refractivity contribution in [2.75, 3.05) is 24.6 Å². The molecule has 2 aromatic carbocycles. The van der Waals surface area contributed by atoms with Gasteiger partial charge in [0.1, 0.15) is 11.3 Å². The molecule has 0 radical (unpaired) electrons. The lowest BCUT2D eigenvalue weighted by Gasteiger charge is -2.33. The van der Waals surface area contributed by atoms with Crippen LogP contribution in [0.1, 0.15) is 41.3 Å². The van der Waals surface area contributed by atoms with Crippen molar-refractivity contribution >= 4 is 23.1 Å². The van der Waals surface area contributed by atoms with Crippen LogP contribution < -0.4 is 15.0 Å². The summed E-state index contributed by atoms with van der Waals surface area (Å²) in [6, 6.07) is 11.9. The lowest BCUT2D eigenvalue weighted by atomic mass is 10.0. The maximum atomic E-state index is 11.3. The minimum Gasteiger partial charge on any atom is -0.494 e. The van der Waals surface area contributed by atoms with Crippen LogP contribution in [-0.4, -0.2) is 41.8 Å². The topological polar surface area (TPSA) is 87.8 Å². The van der Waals surface area contributed by atoms with Gasteiger partial charge in [-0.3, -0.25) is 0 Å². The lowest BCUT2D eigenvalue weighted by molar-refractivity contribution is 0.0697. The highest BCUT2D eigenvalue weighted by Crippen LogP contribution is 2.29. The second-order valence-electron chi connectivity index (χ2n) is 7.63. The number of anilines is 1. The van der Waals surface area contributed by atoms with Crippen LogP contribution in [0.25, 0.3) is 11.1 Å². The number of nitrogens with one attached hydrogen (secondary N) is 1. The second-order valence-corrected chi connectivity index (χ2v) is 7.63. The summed E-state index contributed by atoms with van der Waals surface area (Å²) < 4.78 is 11.8. The Morgan fingerprint density at radius 3 is 2.80 bits per heavy atom. The molecule has 2 heterocycles. The fraction of sp³-hybridized carbons (Fsp3) is 0.391. The third-order valence-electron chi connectivity index (χ3n) is 5.52. The molecule has 0 amide bonds. The zero-order chi connectivity index (χ0) is 21.1. The molecule has 0 spiro atoms. The third kappa shape index (κ3) is 4.26. The molecule has 7 nitrogen and oxygen atoms in total. The predicted molar refractivity (Wildman–Crippen MR) is 115 cm³/mol. The van der Waals surface area contributed by atoms with Crippen LogP contribution in [0.4, 0.5) is 6.01 Å². The standard InChI is InChI=1S/C23H27N3O4/c1-3-29-20-12-16(5-4-15(20)2)14-26(18-8-10-24-11-9-18)23-25-19-7-6-17(22(27)28)13-21(19)30-23/h4-7,12-13,18,24H,3,8-11,14H2,1-2H3,(H,27,28). The second kappa shape index (κ2) is 8.75. The normalized spacial score (nSPS) is 14.7. The summed E-state index contributed by atoms with van der Waals surface area (Å²) in [5.41, 5.74) is 3.57. The summed E-state index contributed by atoms with van der Waals surface area (Å²) in [6.45, 7) is 7.19. The number of piperidine rings is 1. The third-order valence-corrected chi connectivity index (χ3v) is 5.52. The molecule has 0 atom stereocenters. The number of hydrogen-bond donors (Lipinski definition) is 2. The maximum absolute atomic E-state index is 11.3. The Kier molecular flexibility index (Phi) is 5.90. The van der Waals surface area contributed by atoms with E-state index in [0.717, 1.165) is 42.8 Å². The van der Waals surface area contributed by atoms with Crippen molar-refractivity contribution in [3.63, 3.8) is 0 Å². The van der Waals surface area contributed by atoms with E-state index in [2.05, 4.69) is 33.4 Å². The number of fused-ring (bicyclic) bond motifs is 1. The molecule has 158 valence electrons. The Morgan fingerprint density at radius 2 is 2.07 bits per heavy atom. The number of hydrogen-bond acceptors (Lipinski definition) is 6. The van der Waals surface area contributed by atoms with Crippen LogP contribution >= 0.6 is 0 Å². The highest BCUT2D eigenvalue weighted by atomic mass is 16.5. The first-order chi connectivity index (χ1) is 14.5. The van der Waals surface area contributed by atoms with Gasteiger partial charge in [-0.2, -0.15) is 4.98 Å². The van der Waals surface area contributed by atoms with E-state index < -0.39 is 5.97 Å². The number of aromatic nitrogens is 1. The van der Waals surface area contributed by atoms with Crippen LogP contribution in [-0.2, 0) is 6.54 Å². The number of carboxylic acids is 1. The largest absolute Gasteiger partial charge is 0.494 e. The van der Waals surface area contributed by atoms with Crippen LogP contribution in [0.5, 0.6) is 5.75 Å². The first kappa shape index (κ1) is 20.2. The quantitative estimate of drug-likeness (QED) is 0.610. The number of ether oxygens (including phenoxy) is 1. The molecule has 7 heteroatoms. The predicted octanol–water partition coefficient (Wildman–Crippen LogP) is 3.99. The molecule has 1 aliphatic rings. The van der Waals surface area contributed by atoms with Crippen molar-refractivity contribution in [2.45, 2.75) is 39.3 Å². The Morgan fingerprint density at radius 1 is 1.27 bits per heavy atom. The molecule has 0 saturated carbocycles. The van der Waals surface area contributed by atoms with E-state index in [1.807, 2.05) is 13.8 Å². The van der Waals surface area contributed by atoms with Crippen LogP contribution in [0.3, 0.4) is 0 Å². The van der Waals surface area contributed by atoms with Gasteiger partial charge in [0.05, 0.1) is 12.2 Å². The highest BCUT2D eigenvalue weighted by molar-refractivity contribution is 5.92. The van der Waals surface area contributed by atoms with Gasteiger partial charge >= 0.3 is 5.97 Å². The van der Waals surface area contributed by atoms with Gasteiger partial charge in [-0.05, 0) is 75.2 Å². The van der Waals surface area contributed by atoms with Gasteiger partial charge in [0.15, 0.2) is 5.58 Å². The number of rotatable bonds is 7. The molecular formula is C23H27N3O4.